The first-order valence-corrected chi connectivity index (χ1v) is 23.4. The summed E-state index contributed by atoms with van der Waals surface area (Å²) in [6.45, 7) is 7.46. The van der Waals surface area contributed by atoms with E-state index >= 15 is 4.79 Å². The molecule has 1 saturated heterocycles. The molecular formula is C52H55ClN2O5Si. The number of amides is 2. The van der Waals surface area contributed by atoms with Crippen molar-refractivity contribution < 1.29 is 23.5 Å². The minimum absolute atomic E-state index is 0.00512. The van der Waals surface area contributed by atoms with Crippen LogP contribution in [-0.2, 0) is 14.0 Å². The fourth-order valence-electron chi connectivity index (χ4n) is 8.85. The Morgan fingerprint density at radius 1 is 0.738 bits per heavy atom. The normalized spacial score (nSPS) is 15.7. The zero-order valence-corrected chi connectivity index (χ0v) is 37.1. The number of imide groups is 1. The second-order valence-electron chi connectivity index (χ2n) is 16.7. The number of carbonyl (C=O) groups is 2. The van der Waals surface area contributed by atoms with Crippen molar-refractivity contribution in [3.8, 4) is 5.75 Å². The van der Waals surface area contributed by atoms with Crippen molar-refractivity contribution in [2.75, 3.05) is 25.6 Å². The number of rotatable bonds is 17. The van der Waals surface area contributed by atoms with E-state index in [1.54, 1.807) is 7.11 Å². The van der Waals surface area contributed by atoms with Gasteiger partial charge in [0.05, 0.1) is 19.1 Å². The quantitative estimate of drug-likeness (QED) is 0.0921. The largest absolute Gasteiger partial charge is 0.497 e. The molecule has 7 nitrogen and oxygen atoms in total. The Morgan fingerprint density at radius 2 is 1.28 bits per heavy atom. The molecule has 314 valence electrons. The lowest BCUT2D eigenvalue weighted by Gasteiger charge is -2.43. The van der Waals surface area contributed by atoms with Gasteiger partial charge in [-0.2, -0.15) is 0 Å². The SMILES string of the molecule is COc1ccc([C@H](Nc2ccccc2)[C@H](CC[C@H](CCO[Si](c2ccccc2)(c2ccccc2)C(C)(C)C)c2ccc(Cl)cc2)C(=O)N2C(=O)OC[C@@H]2c2ccccc2)cc1. The first kappa shape index (κ1) is 43.4. The van der Waals surface area contributed by atoms with E-state index in [2.05, 4.69) is 98.9 Å². The highest BCUT2D eigenvalue weighted by Crippen LogP contribution is 2.41. The number of carbonyl (C=O) groups excluding carboxylic acids is 2. The van der Waals surface area contributed by atoms with E-state index in [1.165, 1.54) is 15.3 Å². The maximum Gasteiger partial charge on any atom is 0.417 e. The zero-order valence-electron chi connectivity index (χ0n) is 35.4. The molecule has 0 aliphatic carbocycles. The summed E-state index contributed by atoms with van der Waals surface area (Å²) in [6, 6.07) is 55.6. The van der Waals surface area contributed by atoms with E-state index in [0.29, 0.717) is 36.6 Å². The van der Waals surface area contributed by atoms with Crippen LogP contribution in [-0.4, -0.2) is 45.5 Å². The number of nitrogens with one attached hydrogen (secondary N) is 1. The molecule has 1 fully saturated rings. The molecule has 1 N–H and O–H groups in total. The Labute approximate surface area is 366 Å². The average Bonchev–Trinajstić information content (AvgIpc) is 3.68. The molecule has 7 rings (SSSR count). The molecule has 1 heterocycles. The van der Waals surface area contributed by atoms with Gasteiger partial charge in [0.2, 0.25) is 5.91 Å². The molecule has 6 aromatic carbocycles. The molecule has 6 aromatic rings. The maximum absolute atomic E-state index is 15.4. The van der Waals surface area contributed by atoms with Gasteiger partial charge in [-0.3, -0.25) is 4.79 Å². The number of cyclic esters (lactones) is 1. The molecule has 0 saturated carbocycles. The molecule has 0 bridgehead atoms. The topological polar surface area (TPSA) is 77.1 Å². The highest BCUT2D eigenvalue weighted by Gasteiger charge is 2.50. The Hall–Kier alpha value is -5.67. The highest BCUT2D eigenvalue weighted by molar-refractivity contribution is 6.99. The van der Waals surface area contributed by atoms with Crippen molar-refractivity contribution >= 4 is 48.0 Å². The van der Waals surface area contributed by atoms with E-state index in [0.717, 1.165) is 22.4 Å². The van der Waals surface area contributed by atoms with E-state index in [9.17, 15) is 4.79 Å². The van der Waals surface area contributed by atoms with Crippen molar-refractivity contribution in [2.45, 2.75) is 63.1 Å². The molecule has 1 aliphatic heterocycles. The molecule has 0 spiro atoms. The number of ether oxygens (including phenoxy) is 2. The van der Waals surface area contributed by atoms with Crippen molar-refractivity contribution in [3.63, 3.8) is 0 Å². The maximum atomic E-state index is 15.4. The molecule has 0 radical (unpaired) electrons. The third kappa shape index (κ3) is 9.94. The average molecular weight is 852 g/mol. The number of hydrogen-bond acceptors (Lipinski definition) is 6. The highest BCUT2D eigenvalue weighted by atomic mass is 35.5. The number of methoxy groups -OCH3 is 1. The monoisotopic (exact) mass is 850 g/mol. The fraction of sp³-hybridized carbons (Fsp3) is 0.269. The van der Waals surface area contributed by atoms with Gasteiger partial charge in [-0.25, -0.2) is 9.69 Å². The first-order valence-electron chi connectivity index (χ1n) is 21.1. The molecular weight excluding hydrogens is 796 g/mol. The minimum Gasteiger partial charge on any atom is -0.497 e. The third-order valence-electron chi connectivity index (χ3n) is 12.0. The third-order valence-corrected chi connectivity index (χ3v) is 17.2. The summed E-state index contributed by atoms with van der Waals surface area (Å²) in [5.74, 6) is -0.271. The van der Waals surface area contributed by atoms with Gasteiger partial charge in [0, 0.05) is 17.3 Å². The van der Waals surface area contributed by atoms with Crippen LogP contribution in [0.25, 0.3) is 0 Å². The van der Waals surface area contributed by atoms with Crippen LogP contribution in [0.4, 0.5) is 10.5 Å². The van der Waals surface area contributed by atoms with Crippen LogP contribution < -0.4 is 20.4 Å². The van der Waals surface area contributed by atoms with Gasteiger partial charge in [0.15, 0.2) is 0 Å². The van der Waals surface area contributed by atoms with Crippen LogP contribution >= 0.6 is 11.6 Å². The standard InChI is InChI=1S/C52H55ClN2O5Si/c1-52(2,3)61(45-21-13-7-14-22-45,46-23-15-8-16-24-46)60-36-35-39(38-25-30-42(53)31-26-38)29-34-47(50(56)55-48(37-59-51(55)57)40-17-9-5-10-18-40)49(54-43-19-11-6-12-20-43)41-27-32-44(58-4)33-28-41/h5-28,30-33,39,47-49,54H,29,34-37H2,1-4H3/t39-,47+,48-,49+/m1/s1. The number of anilines is 1. The number of halogens is 1. The van der Waals surface area contributed by atoms with E-state index in [-0.39, 0.29) is 23.5 Å². The summed E-state index contributed by atoms with van der Waals surface area (Å²) in [5.41, 5.74) is 3.71. The predicted octanol–water partition coefficient (Wildman–Crippen LogP) is 11.4. The van der Waals surface area contributed by atoms with Crippen LogP contribution in [0, 0.1) is 5.92 Å². The minimum atomic E-state index is -2.82. The van der Waals surface area contributed by atoms with Gasteiger partial charge in [0.25, 0.3) is 8.32 Å². The van der Waals surface area contributed by atoms with Crippen LogP contribution in [0.5, 0.6) is 5.75 Å². The zero-order chi connectivity index (χ0) is 42.8. The predicted molar refractivity (Wildman–Crippen MR) is 248 cm³/mol. The van der Waals surface area contributed by atoms with Crippen molar-refractivity contribution in [1.29, 1.82) is 0 Å². The molecule has 2 amide bonds. The number of nitrogens with zero attached hydrogens (tertiary/aromatic N) is 1. The summed E-state index contributed by atoms with van der Waals surface area (Å²) in [6.07, 6.45) is 1.15. The number of benzene rings is 6. The second kappa shape index (κ2) is 19.8. The van der Waals surface area contributed by atoms with Gasteiger partial charge in [-0.05, 0) is 93.7 Å². The molecule has 61 heavy (non-hydrogen) atoms. The lowest BCUT2D eigenvalue weighted by molar-refractivity contribution is -0.134. The lowest BCUT2D eigenvalue weighted by atomic mass is 9.82. The van der Waals surface area contributed by atoms with Crippen LogP contribution in [0.1, 0.15) is 74.7 Å². The Balaban J connectivity index is 1.26. The van der Waals surface area contributed by atoms with Crippen molar-refractivity contribution in [2.24, 2.45) is 5.92 Å². The lowest BCUT2D eigenvalue weighted by Crippen LogP contribution is -2.66. The molecule has 9 heteroatoms. The van der Waals surface area contributed by atoms with Crippen molar-refractivity contribution in [1.82, 2.24) is 4.90 Å². The van der Waals surface area contributed by atoms with E-state index in [1.807, 2.05) is 97.1 Å². The summed E-state index contributed by atoms with van der Waals surface area (Å²) in [4.78, 5) is 30.4. The Bertz CT molecular complexity index is 2270. The number of para-hydroxylation sites is 1. The molecule has 4 atom stereocenters. The van der Waals surface area contributed by atoms with Gasteiger partial charge >= 0.3 is 6.09 Å². The second-order valence-corrected chi connectivity index (χ2v) is 21.4. The van der Waals surface area contributed by atoms with Gasteiger partial charge < -0.3 is 19.2 Å². The van der Waals surface area contributed by atoms with Gasteiger partial charge in [-0.15, -0.1) is 0 Å². The Kier molecular flexibility index (Phi) is 14.1. The van der Waals surface area contributed by atoms with Crippen molar-refractivity contribution in [3.05, 3.63) is 192 Å². The molecule has 0 aromatic heterocycles. The molecule has 1 aliphatic rings. The summed E-state index contributed by atoms with van der Waals surface area (Å²) in [7, 11) is -1.18. The first-order chi connectivity index (χ1) is 29.6. The summed E-state index contributed by atoms with van der Waals surface area (Å²) < 4.78 is 18.6. The van der Waals surface area contributed by atoms with Gasteiger partial charge in [-0.1, -0.05) is 166 Å². The van der Waals surface area contributed by atoms with E-state index in [4.69, 9.17) is 25.5 Å². The Morgan fingerprint density at radius 3 is 1.84 bits per heavy atom. The summed E-state index contributed by atoms with van der Waals surface area (Å²) in [5, 5.41) is 6.64. The smallest absolute Gasteiger partial charge is 0.417 e. The molecule has 0 unspecified atom stereocenters. The van der Waals surface area contributed by atoms with Gasteiger partial charge in [0.1, 0.15) is 18.4 Å². The summed E-state index contributed by atoms with van der Waals surface area (Å²) >= 11 is 6.46. The van der Waals surface area contributed by atoms with E-state index < -0.39 is 32.4 Å². The fourth-order valence-corrected chi connectivity index (χ4v) is 13.6. The van der Waals surface area contributed by atoms with Crippen LogP contribution in [0.15, 0.2) is 170 Å². The van der Waals surface area contributed by atoms with Crippen LogP contribution in [0.2, 0.25) is 10.1 Å². The number of hydrogen-bond donors (Lipinski definition) is 1. The van der Waals surface area contributed by atoms with Crippen LogP contribution in [0.3, 0.4) is 0 Å².